The number of aryl methyl sites for hydroxylation is 1. The maximum atomic E-state index is 14.5. The monoisotopic (exact) mass is 513 g/mol. The zero-order valence-corrected chi connectivity index (χ0v) is 19.9. The van der Waals surface area contributed by atoms with E-state index >= 15 is 0 Å². The van der Waals surface area contributed by atoms with Gasteiger partial charge >= 0.3 is 12.0 Å². The van der Waals surface area contributed by atoms with Crippen molar-refractivity contribution in [1.29, 1.82) is 0 Å². The van der Waals surface area contributed by atoms with Crippen molar-refractivity contribution < 1.29 is 32.6 Å². The van der Waals surface area contributed by atoms with Crippen LogP contribution >= 0.6 is 0 Å². The fourth-order valence-corrected chi connectivity index (χ4v) is 4.59. The van der Waals surface area contributed by atoms with Gasteiger partial charge in [0.05, 0.1) is 30.9 Å². The first-order valence-corrected chi connectivity index (χ1v) is 11.4. The predicted octanol–water partition coefficient (Wildman–Crippen LogP) is 4.22. The number of nitrogens with zero attached hydrogens (tertiary/aromatic N) is 5. The first-order valence-electron chi connectivity index (χ1n) is 11.4. The summed E-state index contributed by atoms with van der Waals surface area (Å²) in [7, 11) is 0. The number of hydrogen-bond acceptors (Lipinski definition) is 5. The first-order chi connectivity index (χ1) is 17.6. The highest BCUT2D eigenvalue weighted by Gasteiger charge is 2.39. The highest BCUT2D eigenvalue weighted by Crippen LogP contribution is 2.32. The third-order valence-electron chi connectivity index (χ3n) is 6.40. The number of amides is 2. The number of carbonyl (C=O) groups is 2. The highest BCUT2D eigenvalue weighted by molar-refractivity contribution is 5.89. The van der Waals surface area contributed by atoms with Crippen LogP contribution in [0.15, 0.2) is 41.6 Å². The molecule has 0 spiro atoms. The maximum absolute atomic E-state index is 14.5. The van der Waals surface area contributed by atoms with Gasteiger partial charge in [-0.25, -0.2) is 32.8 Å². The number of halogens is 3. The van der Waals surface area contributed by atoms with Gasteiger partial charge in [-0.15, -0.1) is 0 Å². The Labute approximate surface area is 209 Å². The van der Waals surface area contributed by atoms with E-state index in [-0.39, 0.29) is 24.4 Å². The Morgan fingerprint density at radius 2 is 1.76 bits per heavy atom. The Kier molecular flexibility index (Phi) is 6.10. The number of aromatic nitrogens is 2. The molecule has 2 aliphatic rings. The molecule has 0 saturated carbocycles. The van der Waals surface area contributed by atoms with Crippen LogP contribution in [-0.4, -0.2) is 62.0 Å². The summed E-state index contributed by atoms with van der Waals surface area (Å²) in [5.41, 5.74) is 1.46. The van der Waals surface area contributed by atoms with Crippen molar-refractivity contribution in [2.75, 3.05) is 13.1 Å². The molecule has 0 bridgehead atoms. The number of carbonyl (C=O) groups excluding carboxylic acids is 1. The zero-order valence-electron chi connectivity index (χ0n) is 19.9. The van der Waals surface area contributed by atoms with E-state index in [9.17, 15) is 27.9 Å². The third kappa shape index (κ3) is 4.50. The molecule has 5 rings (SSSR count). The fraction of sp³-hybridized carbons (Fsp3) is 0.280. The number of carboxylic acid groups (broad SMARTS) is 1. The second-order valence-electron chi connectivity index (χ2n) is 8.92. The molecule has 192 valence electrons. The quantitative estimate of drug-likeness (QED) is 0.551. The molecule has 1 N–H and O–H groups in total. The highest BCUT2D eigenvalue weighted by atomic mass is 19.1. The van der Waals surface area contributed by atoms with Crippen molar-refractivity contribution in [3.8, 4) is 11.6 Å². The number of benzene rings is 1. The van der Waals surface area contributed by atoms with Crippen molar-refractivity contribution in [2.45, 2.75) is 32.4 Å². The Morgan fingerprint density at radius 3 is 2.41 bits per heavy atom. The van der Waals surface area contributed by atoms with Crippen LogP contribution < -0.4 is 4.74 Å². The number of likely N-dealkylation sites (tertiary alicyclic amines) is 1. The van der Waals surface area contributed by atoms with Gasteiger partial charge in [-0.1, -0.05) is 0 Å². The molecule has 1 aromatic carbocycles. The SMILES string of the molecule is Cc1cc(C(=O)O)c(C)n1-c1cc(OC2CN(C(=O)N3N=CC[C@H]3c3cc(F)cc(F)c3)C2)c(F)cn1. The molecule has 3 aromatic rings. The molecule has 0 radical (unpaired) electrons. The number of pyridine rings is 1. The lowest BCUT2D eigenvalue weighted by atomic mass is 10.0. The molecule has 12 heteroatoms. The van der Waals surface area contributed by atoms with Gasteiger partial charge in [0, 0.05) is 36.2 Å². The van der Waals surface area contributed by atoms with E-state index in [1.54, 1.807) is 18.4 Å². The average molecular weight is 513 g/mol. The van der Waals surface area contributed by atoms with Crippen LogP contribution in [0.5, 0.6) is 5.75 Å². The van der Waals surface area contributed by atoms with Crippen LogP contribution in [0.2, 0.25) is 0 Å². The van der Waals surface area contributed by atoms with Gasteiger partial charge < -0.3 is 19.3 Å². The van der Waals surface area contributed by atoms with E-state index in [1.165, 1.54) is 40.4 Å². The summed E-state index contributed by atoms with van der Waals surface area (Å²) >= 11 is 0. The van der Waals surface area contributed by atoms with Crippen molar-refractivity contribution in [3.05, 3.63) is 76.5 Å². The normalized spacial score (nSPS) is 17.3. The Bertz CT molecular complexity index is 1410. The summed E-state index contributed by atoms with van der Waals surface area (Å²) in [4.78, 5) is 29.9. The number of urea groups is 1. The minimum atomic E-state index is -1.08. The largest absolute Gasteiger partial charge is 0.483 e. The second-order valence-corrected chi connectivity index (χ2v) is 8.92. The average Bonchev–Trinajstić information content (AvgIpc) is 3.41. The molecule has 0 unspecified atom stereocenters. The molecular formula is C25H22F3N5O4. The maximum Gasteiger partial charge on any atom is 0.341 e. The third-order valence-corrected chi connectivity index (χ3v) is 6.40. The van der Waals surface area contributed by atoms with Crippen LogP contribution in [0.3, 0.4) is 0 Å². The summed E-state index contributed by atoms with van der Waals surface area (Å²) in [5.74, 6) is -3.05. The topological polar surface area (TPSA) is 100 Å². The van der Waals surface area contributed by atoms with E-state index in [2.05, 4.69) is 10.1 Å². The van der Waals surface area contributed by atoms with E-state index in [1.807, 2.05) is 0 Å². The first kappa shape index (κ1) is 24.3. The number of hydrogen-bond donors (Lipinski definition) is 1. The van der Waals surface area contributed by atoms with Crippen molar-refractivity contribution >= 4 is 18.2 Å². The van der Waals surface area contributed by atoms with Gasteiger partial charge in [-0.2, -0.15) is 5.10 Å². The molecule has 9 nitrogen and oxygen atoms in total. The van der Waals surface area contributed by atoms with Crippen LogP contribution in [0.25, 0.3) is 5.82 Å². The lowest BCUT2D eigenvalue weighted by Crippen LogP contribution is -2.58. The lowest BCUT2D eigenvalue weighted by molar-refractivity contribution is 0.0256. The number of hydrazone groups is 1. The van der Waals surface area contributed by atoms with Gasteiger partial charge in [0.25, 0.3) is 0 Å². The lowest BCUT2D eigenvalue weighted by Gasteiger charge is -2.41. The second kappa shape index (κ2) is 9.26. The number of carboxylic acids is 1. The molecule has 2 aliphatic heterocycles. The molecule has 4 heterocycles. The van der Waals surface area contributed by atoms with E-state index in [0.717, 1.165) is 12.3 Å². The smallest absolute Gasteiger partial charge is 0.341 e. The number of aromatic carboxylic acids is 1. The Balaban J connectivity index is 1.27. The summed E-state index contributed by atoms with van der Waals surface area (Å²) in [5, 5.41) is 14.6. The molecule has 37 heavy (non-hydrogen) atoms. The van der Waals surface area contributed by atoms with Crippen LogP contribution in [0.4, 0.5) is 18.0 Å². The summed E-state index contributed by atoms with van der Waals surface area (Å²) in [6, 6.07) is 4.89. The molecule has 1 fully saturated rings. The fourth-order valence-electron chi connectivity index (χ4n) is 4.59. The van der Waals surface area contributed by atoms with Crippen LogP contribution in [-0.2, 0) is 0 Å². The van der Waals surface area contributed by atoms with Gasteiger partial charge in [0.1, 0.15) is 23.6 Å². The van der Waals surface area contributed by atoms with Crippen molar-refractivity contribution in [3.63, 3.8) is 0 Å². The summed E-state index contributed by atoms with van der Waals surface area (Å²) in [6.45, 7) is 3.64. The van der Waals surface area contributed by atoms with Gasteiger partial charge in [-0.05, 0) is 37.6 Å². The van der Waals surface area contributed by atoms with Gasteiger partial charge in [0.2, 0.25) is 0 Å². The Morgan fingerprint density at radius 1 is 1.05 bits per heavy atom. The molecule has 0 aliphatic carbocycles. The van der Waals surface area contributed by atoms with Crippen LogP contribution in [0, 0.1) is 31.3 Å². The molecular weight excluding hydrogens is 491 g/mol. The van der Waals surface area contributed by atoms with Crippen molar-refractivity contribution in [2.24, 2.45) is 5.10 Å². The molecule has 1 saturated heterocycles. The van der Waals surface area contributed by atoms with E-state index in [0.29, 0.717) is 29.2 Å². The van der Waals surface area contributed by atoms with Gasteiger partial charge in [0.15, 0.2) is 11.6 Å². The predicted molar refractivity (Wildman–Crippen MR) is 125 cm³/mol. The number of rotatable bonds is 5. The number of ether oxygens (including phenoxy) is 1. The summed E-state index contributed by atoms with van der Waals surface area (Å²) < 4.78 is 49.2. The Hall–Kier alpha value is -4.35. The zero-order chi connectivity index (χ0) is 26.4. The van der Waals surface area contributed by atoms with Crippen LogP contribution in [0.1, 0.15) is 39.8 Å². The molecule has 1 atom stereocenters. The molecule has 2 amide bonds. The van der Waals surface area contributed by atoms with Gasteiger partial charge in [-0.3, -0.25) is 0 Å². The van der Waals surface area contributed by atoms with Crippen molar-refractivity contribution in [1.82, 2.24) is 19.5 Å². The van der Waals surface area contributed by atoms with E-state index in [4.69, 9.17) is 4.74 Å². The minimum Gasteiger partial charge on any atom is -0.483 e. The minimum absolute atomic E-state index is 0.0845. The molecule has 2 aromatic heterocycles. The van der Waals surface area contributed by atoms with E-state index < -0.39 is 41.6 Å². The standard InChI is InChI=1S/C25H22F3N5O4/c1-13-5-19(24(34)35)14(2)32(13)23-9-22(20(28)10-29-23)37-18-11-31(12-18)25(36)33-21(3-4-30-33)15-6-16(26)8-17(27)7-15/h4-10,18,21H,3,11-12H2,1-2H3,(H,34,35)/t21-/m0/s1. The summed E-state index contributed by atoms with van der Waals surface area (Å²) in [6.07, 6.45) is 2.31.